The van der Waals surface area contributed by atoms with Crippen LogP contribution in [0.2, 0.25) is 0 Å². The third-order valence-corrected chi connectivity index (χ3v) is 5.18. The monoisotopic (exact) mass is 346 g/mol. The highest BCUT2D eigenvalue weighted by Crippen LogP contribution is 2.34. The van der Waals surface area contributed by atoms with Gasteiger partial charge in [0.15, 0.2) is 11.5 Å². The fraction of sp³-hybridized carbons (Fsp3) is 0.412. The fourth-order valence-electron chi connectivity index (χ4n) is 2.75. The molecule has 1 N–H and O–H groups in total. The largest absolute Gasteiger partial charge is 0.485 e. The smallest absolute Gasteiger partial charge is 0.267 e. The summed E-state index contributed by atoms with van der Waals surface area (Å²) in [6, 6.07) is 7.36. The average Bonchev–Trinajstić information content (AvgIpc) is 3.02. The van der Waals surface area contributed by atoms with Crippen molar-refractivity contribution in [3.05, 3.63) is 39.8 Å². The van der Waals surface area contributed by atoms with E-state index in [1.54, 1.807) is 24.3 Å². The molecule has 0 aliphatic carbocycles. The molecule has 24 heavy (non-hydrogen) atoms. The van der Waals surface area contributed by atoms with Crippen molar-refractivity contribution in [2.24, 2.45) is 0 Å². The van der Waals surface area contributed by atoms with Crippen molar-refractivity contribution >= 4 is 17.2 Å². The van der Waals surface area contributed by atoms with E-state index < -0.39 is 5.60 Å². The summed E-state index contributed by atoms with van der Waals surface area (Å²) in [5.74, 6) is 1.04. The molecule has 126 valence electrons. The number of rotatable bonds is 3. The standard InChI is InChI=1S/C17H18N2O4S/c1-17(10-22-12-4-2-3-5-13(12)23-17)16(20)18-8-15-19-11-6-7-21-9-14(11)24-15/h2-5H,6-10H2,1H3,(H,18,20). The maximum atomic E-state index is 12.6. The summed E-state index contributed by atoms with van der Waals surface area (Å²) in [7, 11) is 0. The predicted molar refractivity (Wildman–Crippen MR) is 88.3 cm³/mol. The van der Waals surface area contributed by atoms with Crippen molar-refractivity contribution in [2.75, 3.05) is 13.2 Å². The van der Waals surface area contributed by atoms with Crippen LogP contribution in [0, 0.1) is 0 Å². The molecule has 0 spiro atoms. The summed E-state index contributed by atoms with van der Waals surface area (Å²) in [6.07, 6.45) is 0.839. The minimum absolute atomic E-state index is 0.179. The number of fused-ring (bicyclic) bond motifs is 2. The van der Waals surface area contributed by atoms with Crippen LogP contribution in [-0.4, -0.2) is 29.7 Å². The Hall–Kier alpha value is -2.12. The van der Waals surface area contributed by atoms with Crippen LogP contribution in [0.25, 0.3) is 0 Å². The van der Waals surface area contributed by atoms with Crippen LogP contribution in [-0.2, 0) is 29.1 Å². The Bertz CT molecular complexity index is 752. The van der Waals surface area contributed by atoms with Gasteiger partial charge >= 0.3 is 0 Å². The molecular weight excluding hydrogens is 328 g/mol. The zero-order chi connectivity index (χ0) is 16.6. The molecule has 2 aromatic rings. The van der Waals surface area contributed by atoms with Gasteiger partial charge in [-0.3, -0.25) is 4.79 Å². The molecule has 7 heteroatoms. The van der Waals surface area contributed by atoms with Gasteiger partial charge < -0.3 is 19.5 Å². The van der Waals surface area contributed by atoms with Crippen LogP contribution in [0.1, 0.15) is 22.5 Å². The molecular formula is C17H18N2O4S. The second-order valence-corrected chi connectivity index (χ2v) is 7.20. The van der Waals surface area contributed by atoms with Crippen LogP contribution in [0.15, 0.2) is 24.3 Å². The van der Waals surface area contributed by atoms with E-state index >= 15 is 0 Å². The molecule has 1 aromatic carbocycles. The third-order valence-electron chi connectivity index (χ3n) is 4.11. The molecule has 0 saturated carbocycles. The minimum atomic E-state index is -1.05. The number of nitrogens with one attached hydrogen (secondary N) is 1. The Morgan fingerprint density at radius 2 is 2.21 bits per heavy atom. The third kappa shape index (κ3) is 2.85. The Morgan fingerprint density at radius 3 is 3.04 bits per heavy atom. The first-order valence-corrected chi connectivity index (χ1v) is 8.70. The number of para-hydroxylation sites is 2. The van der Waals surface area contributed by atoms with Gasteiger partial charge in [0, 0.05) is 6.42 Å². The van der Waals surface area contributed by atoms with Crippen molar-refractivity contribution in [3.8, 4) is 11.5 Å². The predicted octanol–water partition coefficient (Wildman–Crippen LogP) is 2.06. The van der Waals surface area contributed by atoms with E-state index in [4.69, 9.17) is 14.2 Å². The lowest BCUT2D eigenvalue weighted by molar-refractivity contribution is -0.140. The number of hydrogen-bond donors (Lipinski definition) is 1. The van der Waals surface area contributed by atoms with Crippen LogP contribution in [0.3, 0.4) is 0 Å². The number of carbonyl (C=O) groups excluding carboxylic acids is 1. The maximum absolute atomic E-state index is 12.6. The van der Waals surface area contributed by atoms with Gasteiger partial charge in [-0.1, -0.05) is 12.1 Å². The normalized spacial score (nSPS) is 21.9. The molecule has 2 aliphatic heterocycles. The molecule has 1 unspecified atom stereocenters. The van der Waals surface area contributed by atoms with Gasteiger partial charge in [0.2, 0.25) is 5.60 Å². The molecule has 0 saturated heterocycles. The summed E-state index contributed by atoms with van der Waals surface area (Å²) >= 11 is 1.59. The molecule has 4 rings (SSSR count). The quantitative estimate of drug-likeness (QED) is 0.921. The van der Waals surface area contributed by atoms with Crippen molar-refractivity contribution in [1.82, 2.24) is 10.3 Å². The van der Waals surface area contributed by atoms with Crippen molar-refractivity contribution in [3.63, 3.8) is 0 Å². The van der Waals surface area contributed by atoms with E-state index in [9.17, 15) is 4.79 Å². The molecule has 3 heterocycles. The fourth-order valence-corrected chi connectivity index (χ4v) is 3.74. The van der Waals surface area contributed by atoms with Gasteiger partial charge in [0.25, 0.3) is 5.91 Å². The highest BCUT2D eigenvalue weighted by Gasteiger charge is 2.40. The van der Waals surface area contributed by atoms with E-state index in [-0.39, 0.29) is 12.5 Å². The number of benzene rings is 1. The second kappa shape index (κ2) is 6.07. The van der Waals surface area contributed by atoms with Gasteiger partial charge in [-0.15, -0.1) is 11.3 Å². The zero-order valence-corrected chi connectivity index (χ0v) is 14.1. The number of amides is 1. The zero-order valence-electron chi connectivity index (χ0n) is 13.3. The molecule has 6 nitrogen and oxygen atoms in total. The molecule has 2 aliphatic rings. The van der Waals surface area contributed by atoms with E-state index in [0.29, 0.717) is 31.3 Å². The van der Waals surface area contributed by atoms with Crippen LogP contribution < -0.4 is 14.8 Å². The first-order chi connectivity index (χ1) is 11.6. The molecule has 0 fully saturated rings. The van der Waals surface area contributed by atoms with Gasteiger partial charge in [-0.05, 0) is 19.1 Å². The Labute approximate surface area is 143 Å². The minimum Gasteiger partial charge on any atom is -0.485 e. The van der Waals surface area contributed by atoms with Crippen molar-refractivity contribution < 1.29 is 19.0 Å². The number of ether oxygens (including phenoxy) is 3. The number of thiazole rings is 1. The lowest BCUT2D eigenvalue weighted by atomic mass is 10.1. The van der Waals surface area contributed by atoms with E-state index in [0.717, 1.165) is 22.0 Å². The topological polar surface area (TPSA) is 69.7 Å². The molecule has 0 bridgehead atoms. The Morgan fingerprint density at radius 1 is 1.38 bits per heavy atom. The second-order valence-electron chi connectivity index (χ2n) is 6.03. The first kappa shape index (κ1) is 15.4. The van der Waals surface area contributed by atoms with E-state index in [2.05, 4.69) is 10.3 Å². The number of nitrogens with zero attached hydrogens (tertiary/aromatic N) is 1. The van der Waals surface area contributed by atoms with Gasteiger partial charge in [0.1, 0.15) is 11.6 Å². The maximum Gasteiger partial charge on any atom is 0.267 e. The number of carbonyl (C=O) groups is 1. The van der Waals surface area contributed by atoms with Crippen molar-refractivity contribution in [1.29, 1.82) is 0 Å². The Balaban J connectivity index is 1.42. The van der Waals surface area contributed by atoms with E-state index in [1.807, 2.05) is 18.2 Å². The van der Waals surface area contributed by atoms with Crippen LogP contribution in [0.4, 0.5) is 0 Å². The lowest BCUT2D eigenvalue weighted by Crippen LogP contribution is -2.54. The first-order valence-electron chi connectivity index (χ1n) is 7.88. The molecule has 1 atom stereocenters. The SMILES string of the molecule is CC1(C(=O)NCc2nc3c(s2)COCC3)COc2ccccc2O1. The summed E-state index contributed by atoms with van der Waals surface area (Å²) in [5, 5.41) is 3.80. The molecule has 0 radical (unpaired) electrons. The highest BCUT2D eigenvalue weighted by atomic mass is 32.1. The van der Waals surface area contributed by atoms with Gasteiger partial charge in [-0.25, -0.2) is 4.98 Å². The molecule has 1 amide bonds. The summed E-state index contributed by atoms with van der Waals surface area (Å²) in [5.41, 5.74) is 0.0434. The number of hydrogen-bond acceptors (Lipinski definition) is 6. The Kier molecular flexibility index (Phi) is 3.90. The van der Waals surface area contributed by atoms with Crippen LogP contribution >= 0.6 is 11.3 Å². The van der Waals surface area contributed by atoms with Gasteiger partial charge in [0.05, 0.1) is 30.3 Å². The summed E-state index contributed by atoms with van der Waals surface area (Å²) in [4.78, 5) is 18.3. The average molecular weight is 346 g/mol. The lowest BCUT2D eigenvalue weighted by Gasteiger charge is -2.34. The van der Waals surface area contributed by atoms with Crippen LogP contribution in [0.5, 0.6) is 11.5 Å². The van der Waals surface area contributed by atoms with E-state index in [1.165, 1.54) is 0 Å². The number of aromatic nitrogens is 1. The highest BCUT2D eigenvalue weighted by molar-refractivity contribution is 7.11. The molecule has 1 aromatic heterocycles. The van der Waals surface area contributed by atoms with Crippen molar-refractivity contribution in [2.45, 2.75) is 32.1 Å². The summed E-state index contributed by atoms with van der Waals surface area (Å²) < 4.78 is 17.0. The van der Waals surface area contributed by atoms with Gasteiger partial charge in [-0.2, -0.15) is 0 Å². The summed E-state index contributed by atoms with van der Waals surface area (Å²) in [6.45, 7) is 3.63.